The Bertz CT molecular complexity index is 719. The van der Waals surface area contributed by atoms with Gasteiger partial charge in [0, 0.05) is 26.1 Å². The molecule has 0 aromatic carbocycles. The van der Waals surface area contributed by atoms with Crippen molar-refractivity contribution < 1.29 is 13.9 Å². The highest BCUT2D eigenvalue weighted by molar-refractivity contribution is 5.92. The zero-order chi connectivity index (χ0) is 14.8. The molecule has 1 N–H and O–H groups in total. The summed E-state index contributed by atoms with van der Waals surface area (Å²) >= 11 is 0. The SMILES string of the molecule is COCc1nc2c(o1)CCN(C(=O)c1cccc(=O)[nH]1)C2. The number of oxazole rings is 1. The molecule has 1 aliphatic heterocycles. The largest absolute Gasteiger partial charge is 0.443 e. The maximum atomic E-state index is 12.4. The molecule has 0 radical (unpaired) electrons. The molecule has 3 heterocycles. The number of nitrogens with zero attached hydrogens (tertiary/aromatic N) is 2. The number of rotatable bonds is 3. The summed E-state index contributed by atoms with van der Waals surface area (Å²) in [6, 6.07) is 4.53. The van der Waals surface area contributed by atoms with Crippen LogP contribution in [0.4, 0.5) is 0 Å². The average molecular weight is 289 g/mol. The lowest BCUT2D eigenvalue weighted by Crippen LogP contribution is -2.36. The molecule has 7 nitrogen and oxygen atoms in total. The number of aromatic nitrogens is 2. The van der Waals surface area contributed by atoms with Gasteiger partial charge in [0.15, 0.2) is 0 Å². The molecule has 0 fully saturated rings. The number of carbonyl (C=O) groups is 1. The van der Waals surface area contributed by atoms with E-state index in [4.69, 9.17) is 9.15 Å². The maximum absolute atomic E-state index is 12.4. The van der Waals surface area contributed by atoms with Crippen LogP contribution in [0.5, 0.6) is 0 Å². The van der Waals surface area contributed by atoms with Crippen LogP contribution in [0.25, 0.3) is 0 Å². The van der Waals surface area contributed by atoms with Crippen LogP contribution in [0.1, 0.15) is 27.8 Å². The van der Waals surface area contributed by atoms with Crippen LogP contribution < -0.4 is 5.56 Å². The summed E-state index contributed by atoms with van der Waals surface area (Å²) in [6.07, 6.45) is 0.606. The van der Waals surface area contributed by atoms with Crippen LogP contribution in [0.15, 0.2) is 27.4 Å². The Morgan fingerprint density at radius 3 is 3.14 bits per heavy atom. The maximum Gasteiger partial charge on any atom is 0.270 e. The van der Waals surface area contributed by atoms with Crippen LogP contribution in [0.2, 0.25) is 0 Å². The van der Waals surface area contributed by atoms with Gasteiger partial charge in [-0.3, -0.25) is 9.59 Å². The lowest BCUT2D eigenvalue weighted by molar-refractivity contribution is 0.0721. The van der Waals surface area contributed by atoms with E-state index in [1.165, 1.54) is 6.07 Å². The van der Waals surface area contributed by atoms with Crippen molar-refractivity contribution in [1.82, 2.24) is 14.9 Å². The van der Waals surface area contributed by atoms with Crippen molar-refractivity contribution in [2.75, 3.05) is 13.7 Å². The molecule has 2 aromatic rings. The smallest absolute Gasteiger partial charge is 0.270 e. The lowest BCUT2D eigenvalue weighted by Gasteiger charge is -2.25. The predicted molar refractivity (Wildman–Crippen MR) is 72.7 cm³/mol. The predicted octanol–water partition coefficient (Wildman–Crippen LogP) is 0.708. The molecular weight excluding hydrogens is 274 g/mol. The number of H-pyrrole nitrogens is 1. The monoisotopic (exact) mass is 289 g/mol. The van der Waals surface area contributed by atoms with Crippen LogP contribution in [0.3, 0.4) is 0 Å². The summed E-state index contributed by atoms with van der Waals surface area (Å²) in [5, 5.41) is 0. The van der Waals surface area contributed by atoms with Crippen molar-refractivity contribution in [2.45, 2.75) is 19.6 Å². The zero-order valence-electron chi connectivity index (χ0n) is 11.6. The van der Waals surface area contributed by atoms with Gasteiger partial charge in [-0.2, -0.15) is 0 Å². The number of carbonyl (C=O) groups excluding carboxylic acids is 1. The minimum Gasteiger partial charge on any atom is -0.443 e. The van der Waals surface area contributed by atoms with E-state index < -0.39 is 0 Å². The van der Waals surface area contributed by atoms with Gasteiger partial charge in [-0.05, 0) is 6.07 Å². The van der Waals surface area contributed by atoms with E-state index in [0.717, 1.165) is 11.5 Å². The van der Waals surface area contributed by atoms with Gasteiger partial charge in [0.25, 0.3) is 5.91 Å². The molecule has 0 atom stereocenters. The van der Waals surface area contributed by atoms with Crippen LogP contribution in [-0.4, -0.2) is 34.4 Å². The number of methoxy groups -OCH3 is 1. The Morgan fingerprint density at radius 2 is 2.38 bits per heavy atom. The summed E-state index contributed by atoms with van der Waals surface area (Å²) in [7, 11) is 1.57. The number of hydrogen-bond acceptors (Lipinski definition) is 5. The van der Waals surface area contributed by atoms with Crippen LogP contribution in [0, 0.1) is 0 Å². The van der Waals surface area contributed by atoms with Crippen molar-refractivity contribution in [3.05, 3.63) is 51.6 Å². The first-order chi connectivity index (χ1) is 10.2. The molecule has 21 heavy (non-hydrogen) atoms. The second kappa shape index (κ2) is 5.53. The first kappa shape index (κ1) is 13.6. The first-order valence-electron chi connectivity index (χ1n) is 6.62. The van der Waals surface area contributed by atoms with Gasteiger partial charge in [0.05, 0.1) is 6.54 Å². The third-order valence-corrected chi connectivity index (χ3v) is 3.33. The number of ether oxygens (including phenoxy) is 1. The highest BCUT2D eigenvalue weighted by Gasteiger charge is 2.26. The number of pyridine rings is 1. The minimum atomic E-state index is -0.289. The van der Waals surface area contributed by atoms with Gasteiger partial charge in [-0.15, -0.1) is 0 Å². The second-order valence-electron chi connectivity index (χ2n) is 4.82. The molecule has 3 rings (SSSR count). The Morgan fingerprint density at radius 1 is 1.52 bits per heavy atom. The molecule has 0 unspecified atom stereocenters. The van der Waals surface area contributed by atoms with E-state index in [9.17, 15) is 9.59 Å². The zero-order valence-corrected chi connectivity index (χ0v) is 11.6. The molecule has 1 amide bonds. The van der Waals surface area contributed by atoms with E-state index in [1.807, 2.05) is 0 Å². The van der Waals surface area contributed by atoms with E-state index in [0.29, 0.717) is 32.0 Å². The third-order valence-electron chi connectivity index (χ3n) is 3.33. The van der Waals surface area contributed by atoms with Gasteiger partial charge in [0.1, 0.15) is 23.8 Å². The van der Waals surface area contributed by atoms with Gasteiger partial charge in [-0.1, -0.05) is 6.07 Å². The Balaban J connectivity index is 1.79. The molecule has 0 bridgehead atoms. The molecule has 0 saturated carbocycles. The van der Waals surface area contributed by atoms with E-state index in [1.54, 1.807) is 24.1 Å². The van der Waals surface area contributed by atoms with Crippen LogP contribution in [-0.2, 0) is 24.3 Å². The third kappa shape index (κ3) is 2.73. The molecule has 110 valence electrons. The number of amides is 1. The number of fused-ring (bicyclic) bond motifs is 1. The quantitative estimate of drug-likeness (QED) is 0.899. The van der Waals surface area contributed by atoms with Gasteiger partial charge in [0.2, 0.25) is 11.4 Å². The molecular formula is C14H15N3O4. The molecule has 2 aromatic heterocycles. The standard InChI is InChI=1S/C14H15N3O4/c1-20-8-13-16-10-7-17(6-5-11(10)21-13)14(19)9-3-2-4-12(18)15-9/h2-4H,5-8H2,1H3,(H,15,18). The fraction of sp³-hybridized carbons (Fsp3) is 0.357. The Labute approximate surface area is 120 Å². The van der Waals surface area contributed by atoms with Gasteiger partial charge < -0.3 is 19.0 Å². The summed E-state index contributed by atoms with van der Waals surface area (Å²) in [4.78, 5) is 32.2. The van der Waals surface area contributed by atoms with Crippen molar-refractivity contribution >= 4 is 5.91 Å². The summed E-state index contributed by atoms with van der Waals surface area (Å²) in [5.41, 5.74) is 0.744. The molecule has 0 spiro atoms. The normalized spacial score (nSPS) is 14.0. The van der Waals surface area contributed by atoms with Crippen molar-refractivity contribution in [1.29, 1.82) is 0 Å². The van der Waals surface area contributed by atoms with E-state index in [-0.39, 0.29) is 17.2 Å². The fourth-order valence-corrected chi connectivity index (χ4v) is 2.35. The number of aromatic amines is 1. The minimum absolute atomic E-state index is 0.213. The van der Waals surface area contributed by atoms with Crippen molar-refractivity contribution in [2.24, 2.45) is 0 Å². The average Bonchev–Trinajstić information content (AvgIpc) is 2.88. The Hall–Kier alpha value is -2.41. The van der Waals surface area contributed by atoms with E-state index >= 15 is 0 Å². The fourth-order valence-electron chi connectivity index (χ4n) is 2.35. The number of nitrogens with one attached hydrogen (secondary N) is 1. The first-order valence-corrected chi connectivity index (χ1v) is 6.62. The molecule has 7 heteroatoms. The van der Waals surface area contributed by atoms with Crippen molar-refractivity contribution in [3.8, 4) is 0 Å². The number of hydrogen-bond donors (Lipinski definition) is 1. The van der Waals surface area contributed by atoms with Crippen LogP contribution >= 0.6 is 0 Å². The summed E-state index contributed by atoms with van der Waals surface area (Å²) in [5.74, 6) is 1.10. The second-order valence-corrected chi connectivity index (χ2v) is 4.82. The van der Waals surface area contributed by atoms with Gasteiger partial charge >= 0.3 is 0 Å². The lowest BCUT2D eigenvalue weighted by atomic mass is 10.1. The molecule has 0 saturated heterocycles. The summed E-state index contributed by atoms with van der Waals surface area (Å²) in [6.45, 7) is 1.22. The molecule has 0 aliphatic carbocycles. The summed E-state index contributed by atoms with van der Waals surface area (Å²) < 4.78 is 10.6. The van der Waals surface area contributed by atoms with Crippen molar-refractivity contribution in [3.63, 3.8) is 0 Å². The van der Waals surface area contributed by atoms with Gasteiger partial charge in [-0.25, -0.2) is 4.98 Å². The molecule has 1 aliphatic rings. The highest BCUT2D eigenvalue weighted by Crippen LogP contribution is 2.21. The topological polar surface area (TPSA) is 88.4 Å². The van der Waals surface area contributed by atoms with E-state index in [2.05, 4.69) is 9.97 Å². The highest BCUT2D eigenvalue weighted by atomic mass is 16.5. The Kier molecular flexibility index (Phi) is 3.57.